The van der Waals surface area contributed by atoms with Gasteiger partial charge in [0, 0.05) is 29.9 Å². The molecule has 3 aromatic carbocycles. The van der Waals surface area contributed by atoms with Gasteiger partial charge < -0.3 is 10.1 Å². The summed E-state index contributed by atoms with van der Waals surface area (Å²) in [5, 5.41) is 4.00. The number of allylic oxidation sites excluding steroid dienone is 1. The number of methoxy groups -OCH3 is 1. The van der Waals surface area contributed by atoms with Gasteiger partial charge in [-0.15, -0.1) is 0 Å². The van der Waals surface area contributed by atoms with Crippen LogP contribution in [0, 0.1) is 6.92 Å². The summed E-state index contributed by atoms with van der Waals surface area (Å²) in [5.41, 5.74) is 4.94. The van der Waals surface area contributed by atoms with E-state index in [-0.39, 0.29) is 11.1 Å². The van der Waals surface area contributed by atoms with Crippen molar-refractivity contribution in [1.82, 2.24) is 14.3 Å². The molecular weight excluding hydrogens is 500 g/mol. The van der Waals surface area contributed by atoms with E-state index in [1.54, 1.807) is 11.8 Å². The highest BCUT2D eigenvalue weighted by Gasteiger charge is 2.23. The number of nitrogens with one attached hydrogen (secondary N) is 1. The molecule has 0 radical (unpaired) electrons. The minimum absolute atomic E-state index is 0.156. The molecule has 0 aliphatic carbocycles. The number of rotatable bonds is 9. The molecule has 40 heavy (non-hydrogen) atoms. The molecule has 1 N–H and O–H groups in total. The van der Waals surface area contributed by atoms with E-state index in [1.807, 2.05) is 104 Å². The van der Waals surface area contributed by atoms with Gasteiger partial charge in [0.05, 0.1) is 24.0 Å². The van der Waals surface area contributed by atoms with Crippen LogP contribution in [-0.4, -0.2) is 27.4 Å². The molecule has 1 amide bonds. The van der Waals surface area contributed by atoms with Crippen LogP contribution >= 0.6 is 0 Å². The van der Waals surface area contributed by atoms with Crippen LogP contribution in [0.4, 0.5) is 5.69 Å². The van der Waals surface area contributed by atoms with E-state index in [9.17, 15) is 9.59 Å². The number of aromatic nitrogens is 3. The van der Waals surface area contributed by atoms with Crippen LogP contribution in [0.5, 0.6) is 5.75 Å². The summed E-state index contributed by atoms with van der Waals surface area (Å²) >= 11 is 0. The van der Waals surface area contributed by atoms with E-state index in [0.717, 1.165) is 40.7 Å². The molecule has 0 fully saturated rings. The Morgan fingerprint density at radius 3 is 2.52 bits per heavy atom. The summed E-state index contributed by atoms with van der Waals surface area (Å²) in [4.78, 5) is 31.1. The van der Waals surface area contributed by atoms with Gasteiger partial charge in [-0.05, 0) is 73.4 Å². The second kappa shape index (κ2) is 11.9. The van der Waals surface area contributed by atoms with Crippen molar-refractivity contribution in [1.29, 1.82) is 0 Å². The van der Waals surface area contributed by atoms with E-state index in [1.165, 1.54) is 5.56 Å². The zero-order chi connectivity index (χ0) is 28.1. The van der Waals surface area contributed by atoms with Crippen LogP contribution in [0.15, 0.2) is 95.9 Å². The molecule has 2 heterocycles. The number of hydrogen-bond donors (Lipinski definition) is 1. The molecule has 2 aromatic heterocycles. The second-order valence-corrected chi connectivity index (χ2v) is 9.57. The molecule has 0 bridgehead atoms. The van der Waals surface area contributed by atoms with Crippen LogP contribution in [-0.2, 0) is 13.0 Å². The lowest BCUT2D eigenvalue weighted by molar-refractivity contribution is 0.102. The SMILES string of the molecule is CCCn1c(C)c(C(=O)Nc2ccc(/C=C/Cc3ccnc4cc(OC)ccc34)cc2)c(=O)n1-c1ccccc1. The largest absolute Gasteiger partial charge is 0.497 e. The van der Waals surface area contributed by atoms with Crippen molar-refractivity contribution in [2.24, 2.45) is 0 Å². The van der Waals surface area contributed by atoms with Crippen LogP contribution in [0.25, 0.3) is 22.7 Å². The third-order valence-electron chi connectivity index (χ3n) is 6.92. The van der Waals surface area contributed by atoms with Crippen molar-refractivity contribution in [3.05, 3.63) is 124 Å². The van der Waals surface area contributed by atoms with Gasteiger partial charge in [0.1, 0.15) is 11.3 Å². The number of benzene rings is 3. The highest BCUT2D eigenvalue weighted by molar-refractivity contribution is 6.05. The van der Waals surface area contributed by atoms with Gasteiger partial charge in [0.2, 0.25) is 0 Å². The zero-order valence-electron chi connectivity index (χ0n) is 22.9. The minimum atomic E-state index is -0.411. The van der Waals surface area contributed by atoms with Crippen molar-refractivity contribution >= 4 is 28.6 Å². The van der Waals surface area contributed by atoms with Crippen molar-refractivity contribution in [3.8, 4) is 11.4 Å². The summed E-state index contributed by atoms with van der Waals surface area (Å²) in [6, 6.07) is 24.9. The van der Waals surface area contributed by atoms with E-state index in [4.69, 9.17) is 4.74 Å². The first-order valence-corrected chi connectivity index (χ1v) is 13.4. The first kappa shape index (κ1) is 26.7. The Kier molecular flexibility index (Phi) is 7.92. The molecule has 5 aromatic rings. The number of amides is 1. The molecule has 5 rings (SSSR count). The molecule has 0 atom stereocenters. The summed E-state index contributed by atoms with van der Waals surface area (Å²) < 4.78 is 8.77. The van der Waals surface area contributed by atoms with Gasteiger partial charge in [-0.3, -0.25) is 19.3 Å². The van der Waals surface area contributed by atoms with Crippen LogP contribution in [0.2, 0.25) is 0 Å². The van der Waals surface area contributed by atoms with Crippen LogP contribution in [0.3, 0.4) is 0 Å². The summed E-state index contributed by atoms with van der Waals surface area (Å²) in [6.07, 6.45) is 7.57. The van der Waals surface area contributed by atoms with Gasteiger partial charge in [-0.1, -0.05) is 49.4 Å². The van der Waals surface area contributed by atoms with E-state index >= 15 is 0 Å². The van der Waals surface area contributed by atoms with Gasteiger partial charge in [0.25, 0.3) is 11.5 Å². The average molecular weight is 533 g/mol. The molecule has 7 nitrogen and oxygen atoms in total. The monoisotopic (exact) mass is 532 g/mol. The van der Waals surface area contributed by atoms with Gasteiger partial charge >= 0.3 is 0 Å². The number of fused-ring (bicyclic) bond motifs is 1. The average Bonchev–Trinajstić information content (AvgIpc) is 3.23. The Morgan fingerprint density at radius 1 is 1.02 bits per heavy atom. The smallest absolute Gasteiger partial charge is 0.284 e. The maximum atomic E-state index is 13.4. The number of hydrogen-bond acceptors (Lipinski definition) is 4. The molecule has 7 heteroatoms. The Labute approximate surface area is 233 Å². The molecular formula is C33H32N4O3. The Morgan fingerprint density at radius 2 is 1.80 bits per heavy atom. The fourth-order valence-corrected chi connectivity index (χ4v) is 4.90. The molecule has 0 aliphatic heterocycles. The fourth-order valence-electron chi connectivity index (χ4n) is 4.90. The van der Waals surface area contributed by atoms with Gasteiger partial charge in [0.15, 0.2) is 0 Å². The van der Waals surface area contributed by atoms with Crippen LogP contribution in [0.1, 0.15) is 40.5 Å². The maximum Gasteiger partial charge on any atom is 0.284 e. The summed E-state index contributed by atoms with van der Waals surface area (Å²) in [6.45, 7) is 4.50. The molecule has 0 aliphatic rings. The summed E-state index contributed by atoms with van der Waals surface area (Å²) in [5.74, 6) is 0.377. The number of carbonyl (C=O) groups excluding carboxylic acids is 1. The quantitative estimate of drug-likeness (QED) is 0.238. The number of anilines is 1. The van der Waals surface area contributed by atoms with Crippen molar-refractivity contribution in [2.45, 2.75) is 33.2 Å². The van der Waals surface area contributed by atoms with Gasteiger partial charge in [-0.2, -0.15) is 0 Å². The Hall–Kier alpha value is -4.91. The number of carbonyl (C=O) groups is 1. The molecule has 0 unspecified atom stereocenters. The maximum absolute atomic E-state index is 13.4. The molecule has 0 saturated carbocycles. The Bertz CT molecular complexity index is 1730. The minimum Gasteiger partial charge on any atom is -0.497 e. The predicted octanol–water partition coefficient (Wildman–Crippen LogP) is 6.42. The van der Waals surface area contributed by atoms with Crippen LogP contribution < -0.4 is 15.6 Å². The lowest BCUT2D eigenvalue weighted by Gasteiger charge is -2.12. The number of para-hydroxylation sites is 1. The predicted molar refractivity (Wildman–Crippen MR) is 160 cm³/mol. The first-order chi connectivity index (χ1) is 19.5. The third-order valence-corrected chi connectivity index (χ3v) is 6.92. The summed E-state index contributed by atoms with van der Waals surface area (Å²) in [7, 11) is 1.65. The zero-order valence-corrected chi connectivity index (χ0v) is 22.9. The molecule has 202 valence electrons. The second-order valence-electron chi connectivity index (χ2n) is 9.57. The Balaban J connectivity index is 1.30. The fraction of sp³-hybridized carbons (Fsp3) is 0.182. The first-order valence-electron chi connectivity index (χ1n) is 13.4. The highest BCUT2D eigenvalue weighted by Crippen LogP contribution is 2.23. The lowest BCUT2D eigenvalue weighted by Crippen LogP contribution is -2.25. The third kappa shape index (κ3) is 5.45. The van der Waals surface area contributed by atoms with Crippen molar-refractivity contribution < 1.29 is 9.53 Å². The molecule has 0 saturated heterocycles. The number of pyridine rings is 1. The van der Waals surface area contributed by atoms with E-state index in [2.05, 4.69) is 22.5 Å². The van der Waals surface area contributed by atoms with Gasteiger partial charge in [-0.25, -0.2) is 4.68 Å². The van der Waals surface area contributed by atoms with Crippen molar-refractivity contribution in [2.75, 3.05) is 12.4 Å². The van der Waals surface area contributed by atoms with E-state index in [0.29, 0.717) is 17.9 Å². The number of nitrogens with zero attached hydrogens (tertiary/aromatic N) is 3. The van der Waals surface area contributed by atoms with E-state index < -0.39 is 5.91 Å². The highest BCUT2D eigenvalue weighted by atomic mass is 16.5. The lowest BCUT2D eigenvalue weighted by atomic mass is 10.1. The number of ether oxygens (including phenoxy) is 1. The molecule has 0 spiro atoms. The topological polar surface area (TPSA) is 78.2 Å². The van der Waals surface area contributed by atoms with Crippen molar-refractivity contribution in [3.63, 3.8) is 0 Å². The normalized spacial score (nSPS) is 11.3. The standard InChI is InChI=1S/C33H32N4O3/c1-4-21-36-23(2)31(33(39)37(36)27-11-6-5-7-12-27)32(38)35-26-15-13-24(14-16-26)9-8-10-25-19-20-34-30-22-28(40-3)17-18-29(25)30/h5-9,11-20,22H,4,10,21H2,1-3H3,(H,35,38)/b9-8+.